The third-order valence-corrected chi connectivity index (χ3v) is 5.79. The van der Waals surface area contributed by atoms with Crippen molar-refractivity contribution in [3.63, 3.8) is 0 Å². The number of methoxy groups -OCH3 is 1. The van der Waals surface area contributed by atoms with Gasteiger partial charge >= 0.3 is 5.97 Å². The number of anilines is 2. The van der Waals surface area contributed by atoms with Crippen LogP contribution in [0.25, 0.3) is 11.4 Å². The van der Waals surface area contributed by atoms with Crippen molar-refractivity contribution in [2.45, 2.75) is 25.5 Å². The van der Waals surface area contributed by atoms with Gasteiger partial charge in [-0.3, -0.25) is 9.59 Å². The molecule has 0 bridgehead atoms. The van der Waals surface area contributed by atoms with Crippen LogP contribution in [0, 0.1) is 0 Å². The Morgan fingerprint density at radius 1 is 1.09 bits per heavy atom. The molecule has 172 valence electrons. The van der Waals surface area contributed by atoms with E-state index >= 15 is 0 Å². The van der Waals surface area contributed by atoms with Crippen LogP contribution in [0.4, 0.5) is 11.4 Å². The number of carbonyl (C=O) groups is 3. The fourth-order valence-corrected chi connectivity index (χ4v) is 3.95. The van der Waals surface area contributed by atoms with Crippen LogP contribution in [0.3, 0.4) is 0 Å². The first-order chi connectivity index (χ1) is 15.8. The molecule has 0 atom stereocenters. The lowest BCUT2D eigenvalue weighted by Gasteiger charge is -2.10. The van der Waals surface area contributed by atoms with Crippen molar-refractivity contribution in [3.05, 3.63) is 53.1 Å². The highest BCUT2D eigenvalue weighted by molar-refractivity contribution is 7.99. The largest absolute Gasteiger partial charge is 0.465 e. The summed E-state index contributed by atoms with van der Waals surface area (Å²) in [5.41, 5.74) is 2.13. The second kappa shape index (κ2) is 11.0. The van der Waals surface area contributed by atoms with Crippen LogP contribution in [0.1, 0.15) is 24.2 Å². The predicted molar refractivity (Wildman–Crippen MR) is 128 cm³/mol. The van der Waals surface area contributed by atoms with E-state index in [4.69, 9.17) is 16.3 Å². The number of aromatic nitrogens is 3. The Morgan fingerprint density at radius 3 is 2.45 bits per heavy atom. The summed E-state index contributed by atoms with van der Waals surface area (Å²) in [6.07, 6.45) is 0. The predicted octanol–water partition coefficient (Wildman–Crippen LogP) is 4.09. The zero-order valence-corrected chi connectivity index (χ0v) is 19.8. The molecule has 0 unspecified atom stereocenters. The van der Waals surface area contributed by atoms with E-state index in [9.17, 15) is 14.4 Å². The second-order valence-electron chi connectivity index (χ2n) is 6.83. The summed E-state index contributed by atoms with van der Waals surface area (Å²) in [4.78, 5) is 35.4. The molecule has 0 saturated heterocycles. The van der Waals surface area contributed by atoms with Crippen LogP contribution in [0.15, 0.2) is 47.6 Å². The van der Waals surface area contributed by atoms with Crippen LogP contribution in [0.2, 0.25) is 5.02 Å². The molecular weight excluding hydrogens is 466 g/mol. The van der Waals surface area contributed by atoms with Crippen molar-refractivity contribution >= 4 is 52.5 Å². The monoisotopic (exact) mass is 487 g/mol. The molecule has 2 aromatic carbocycles. The molecule has 0 spiro atoms. The van der Waals surface area contributed by atoms with Crippen molar-refractivity contribution in [1.29, 1.82) is 0 Å². The summed E-state index contributed by atoms with van der Waals surface area (Å²) in [6, 6.07) is 11.8. The minimum atomic E-state index is -0.523. The Labute approximate surface area is 199 Å². The molecule has 33 heavy (non-hydrogen) atoms. The number of thioether (sulfide) groups is 1. The van der Waals surface area contributed by atoms with E-state index in [1.54, 1.807) is 12.1 Å². The van der Waals surface area contributed by atoms with E-state index in [0.29, 0.717) is 33.9 Å². The standard InChI is InChI=1S/C22H22ClN5O4S/c1-4-28-20(14-5-8-16(9-6-14)24-13(2)29)26-27-22(28)33-12-19(30)25-18-11-15(21(31)32-3)7-10-17(18)23/h5-11H,4,12H2,1-3H3,(H,24,29)(H,25,30). The van der Waals surface area contributed by atoms with Gasteiger partial charge in [0.15, 0.2) is 11.0 Å². The Hall–Kier alpha value is -3.37. The molecular formula is C22H22ClN5O4S. The lowest BCUT2D eigenvalue weighted by molar-refractivity contribution is -0.114. The molecule has 3 rings (SSSR count). The van der Waals surface area contributed by atoms with Gasteiger partial charge in [-0.1, -0.05) is 23.4 Å². The van der Waals surface area contributed by atoms with Gasteiger partial charge in [-0.15, -0.1) is 10.2 Å². The number of halogens is 1. The van der Waals surface area contributed by atoms with Gasteiger partial charge < -0.3 is 19.9 Å². The number of ether oxygens (including phenoxy) is 1. The molecule has 0 radical (unpaired) electrons. The molecule has 1 aromatic heterocycles. The van der Waals surface area contributed by atoms with Crippen molar-refractivity contribution in [1.82, 2.24) is 14.8 Å². The maximum absolute atomic E-state index is 12.5. The number of esters is 1. The first-order valence-electron chi connectivity index (χ1n) is 9.94. The summed E-state index contributed by atoms with van der Waals surface area (Å²) >= 11 is 7.37. The third kappa shape index (κ3) is 6.11. The highest BCUT2D eigenvalue weighted by Crippen LogP contribution is 2.27. The molecule has 0 aliphatic heterocycles. The lowest BCUT2D eigenvalue weighted by Crippen LogP contribution is -2.15. The molecule has 0 saturated carbocycles. The minimum Gasteiger partial charge on any atom is -0.465 e. The van der Waals surface area contributed by atoms with Gasteiger partial charge in [0.1, 0.15) is 0 Å². The average Bonchev–Trinajstić information content (AvgIpc) is 3.21. The summed E-state index contributed by atoms with van der Waals surface area (Å²) < 4.78 is 6.59. The van der Waals surface area contributed by atoms with Gasteiger partial charge in [-0.2, -0.15) is 0 Å². The lowest BCUT2D eigenvalue weighted by atomic mass is 10.2. The molecule has 2 amide bonds. The topological polar surface area (TPSA) is 115 Å². The highest BCUT2D eigenvalue weighted by atomic mass is 35.5. The van der Waals surface area contributed by atoms with E-state index < -0.39 is 5.97 Å². The molecule has 1 heterocycles. The number of nitrogens with one attached hydrogen (secondary N) is 2. The third-order valence-electron chi connectivity index (χ3n) is 4.49. The van der Waals surface area contributed by atoms with Gasteiger partial charge in [0, 0.05) is 24.7 Å². The number of amides is 2. The van der Waals surface area contributed by atoms with Gasteiger partial charge in [0.2, 0.25) is 11.8 Å². The fraction of sp³-hybridized carbons (Fsp3) is 0.227. The van der Waals surface area contributed by atoms with Crippen molar-refractivity contribution in [2.75, 3.05) is 23.5 Å². The molecule has 11 heteroatoms. The normalized spacial score (nSPS) is 10.5. The van der Waals surface area contributed by atoms with Gasteiger partial charge in [0.25, 0.3) is 0 Å². The van der Waals surface area contributed by atoms with Gasteiger partial charge in [-0.05, 0) is 49.4 Å². The number of hydrogen-bond donors (Lipinski definition) is 2. The highest BCUT2D eigenvalue weighted by Gasteiger charge is 2.16. The maximum atomic E-state index is 12.5. The fourth-order valence-electron chi connectivity index (χ4n) is 2.98. The molecule has 0 aliphatic rings. The number of hydrogen-bond acceptors (Lipinski definition) is 7. The quantitative estimate of drug-likeness (QED) is 0.363. The van der Waals surface area contributed by atoms with Crippen LogP contribution in [-0.4, -0.2) is 45.4 Å². The SMILES string of the molecule is CCn1c(SCC(=O)Nc2cc(C(=O)OC)ccc2Cl)nnc1-c1ccc(NC(C)=O)cc1. The first kappa shape index (κ1) is 24.3. The number of rotatable bonds is 8. The van der Waals surface area contributed by atoms with E-state index in [0.717, 1.165) is 5.56 Å². The summed E-state index contributed by atoms with van der Waals surface area (Å²) in [5.74, 6) is -0.252. The minimum absolute atomic E-state index is 0.0678. The Morgan fingerprint density at radius 2 is 1.82 bits per heavy atom. The van der Waals surface area contributed by atoms with Crippen molar-refractivity contribution in [3.8, 4) is 11.4 Å². The van der Waals surface area contributed by atoms with Crippen LogP contribution >= 0.6 is 23.4 Å². The Bertz CT molecular complexity index is 1180. The van der Waals surface area contributed by atoms with Crippen molar-refractivity contribution < 1.29 is 19.1 Å². The number of benzene rings is 2. The summed E-state index contributed by atoms with van der Waals surface area (Å²) in [6.45, 7) is 4.01. The number of carbonyl (C=O) groups excluding carboxylic acids is 3. The molecule has 9 nitrogen and oxygen atoms in total. The van der Waals surface area contributed by atoms with Crippen LogP contribution < -0.4 is 10.6 Å². The van der Waals surface area contributed by atoms with E-state index in [2.05, 4.69) is 20.8 Å². The smallest absolute Gasteiger partial charge is 0.337 e. The Balaban J connectivity index is 1.69. The second-order valence-corrected chi connectivity index (χ2v) is 8.18. The zero-order valence-electron chi connectivity index (χ0n) is 18.2. The molecule has 0 aliphatic carbocycles. The van der Waals surface area contributed by atoms with Gasteiger partial charge in [-0.25, -0.2) is 4.79 Å². The van der Waals surface area contributed by atoms with Gasteiger partial charge in [0.05, 0.1) is 29.1 Å². The van der Waals surface area contributed by atoms with Crippen molar-refractivity contribution in [2.24, 2.45) is 0 Å². The molecule has 3 aromatic rings. The first-order valence-corrected chi connectivity index (χ1v) is 11.3. The Kier molecular flexibility index (Phi) is 8.07. The van der Waals surface area contributed by atoms with E-state index in [1.807, 2.05) is 23.6 Å². The summed E-state index contributed by atoms with van der Waals surface area (Å²) in [7, 11) is 1.28. The van der Waals surface area contributed by atoms with E-state index in [-0.39, 0.29) is 23.1 Å². The maximum Gasteiger partial charge on any atom is 0.337 e. The van der Waals surface area contributed by atoms with E-state index in [1.165, 1.54) is 44.0 Å². The van der Waals surface area contributed by atoms with Crippen LogP contribution in [0.5, 0.6) is 0 Å². The van der Waals surface area contributed by atoms with Crippen LogP contribution in [-0.2, 0) is 20.9 Å². The molecule has 0 fully saturated rings. The number of nitrogens with zero attached hydrogens (tertiary/aromatic N) is 3. The average molecular weight is 488 g/mol. The summed E-state index contributed by atoms with van der Waals surface area (Å²) in [5, 5.41) is 14.8. The molecule has 2 N–H and O–H groups in total. The zero-order chi connectivity index (χ0) is 24.0.